The lowest BCUT2D eigenvalue weighted by Crippen LogP contribution is -2.19. The minimum absolute atomic E-state index is 0.212. The predicted molar refractivity (Wildman–Crippen MR) is 78.1 cm³/mol. The first-order valence-corrected chi connectivity index (χ1v) is 8.77. The second-order valence-corrected chi connectivity index (χ2v) is 7.33. The number of rotatable bonds is 7. The molecule has 0 aliphatic rings. The summed E-state index contributed by atoms with van der Waals surface area (Å²) in [6.07, 6.45) is 1.88. The van der Waals surface area contributed by atoms with Gasteiger partial charge in [-0.15, -0.1) is 0 Å². The summed E-state index contributed by atoms with van der Waals surface area (Å²) < 4.78 is 24.2. The van der Waals surface area contributed by atoms with Crippen molar-refractivity contribution in [3.05, 3.63) is 17.0 Å². The molecule has 6 heteroatoms. The zero-order valence-corrected chi connectivity index (χ0v) is 13.3. The van der Waals surface area contributed by atoms with Gasteiger partial charge in [0, 0.05) is 30.1 Å². The normalized spacial score (nSPS) is 13.7. The fraction of sp³-hybridized carbons (Fsp3) is 0.769. The summed E-state index contributed by atoms with van der Waals surface area (Å²) in [5.41, 5.74) is 3.37. The molecule has 1 N–H and O–H groups in total. The van der Waals surface area contributed by atoms with Crippen LogP contribution in [0.5, 0.6) is 0 Å². The molecule has 0 amide bonds. The molecule has 0 saturated heterocycles. The van der Waals surface area contributed by atoms with Gasteiger partial charge in [-0.25, -0.2) is 8.42 Å². The molecule has 0 aliphatic carbocycles. The molecule has 0 saturated carbocycles. The van der Waals surface area contributed by atoms with Crippen LogP contribution in [0.25, 0.3) is 0 Å². The molecule has 0 spiro atoms. The van der Waals surface area contributed by atoms with Crippen molar-refractivity contribution in [2.24, 2.45) is 0 Å². The highest BCUT2D eigenvalue weighted by atomic mass is 32.2. The van der Waals surface area contributed by atoms with Gasteiger partial charge >= 0.3 is 0 Å². The Bertz CT molecular complexity index is 520. The lowest BCUT2D eigenvalue weighted by Gasteiger charge is -2.13. The Morgan fingerprint density at radius 2 is 2.00 bits per heavy atom. The third-order valence-corrected chi connectivity index (χ3v) is 4.30. The summed E-state index contributed by atoms with van der Waals surface area (Å²) in [5.74, 6) is 0.212. The van der Waals surface area contributed by atoms with E-state index in [9.17, 15) is 8.42 Å². The fourth-order valence-electron chi connectivity index (χ4n) is 2.44. The maximum absolute atomic E-state index is 11.1. The van der Waals surface area contributed by atoms with Gasteiger partial charge in [0.15, 0.2) is 0 Å². The smallest absolute Gasteiger partial charge is 0.147 e. The molecule has 0 aliphatic heterocycles. The molecule has 0 radical (unpaired) electrons. The Labute approximate surface area is 116 Å². The second-order valence-electron chi connectivity index (χ2n) is 5.07. The molecule has 19 heavy (non-hydrogen) atoms. The van der Waals surface area contributed by atoms with E-state index in [0.717, 1.165) is 17.9 Å². The van der Waals surface area contributed by atoms with E-state index in [4.69, 9.17) is 0 Å². The lowest BCUT2D eigenvalue weighted by molar-refractivity contribution is 0.561. The Hall–Kier alpha value is -0.880. The van der Waals surface area contributed by atoms with Gasteiger partial charge in [0.05, 0.1) is 11.4 Å². The number of nitrogens with one attached hydrogen (secondary N) is 1. The monoisotopic (exact) mass is 287 g/mol. The van der Waals surface area contributed by atoms with E-state index in [1.807, 2.05) is 18.5 Å². The Morgan fingerprint density at radius 1 is 1.37 bits per heavy atom. The molecule has 5 nitrogen and oxygen atoms in total. The maximum atomic E-state index is 11.1. The van der Waals surface area contributed by atoms with Gasteiger partial charge in [-0.1, -0.05) is 6.92 Å². The van der Waals surface area contributed by atoms with E-state index in [1.54, 1.807) is 0 Å². The first-order chi connectivity index (χ1) is 8.76. The topological polar surface area (TPSA) is 64.0 Å². The highest BCUT2D eigenvalue weighted by molar-refractivity contribution is 7.90. The Balaban J connectivity index is 2.79. The quantitative estimate of drug-likeness (QED) is 0.827. The van der Waals surface area contributed by atoms with Crippen molar-refractivity contribution in [3.63, 3.8) is 0 Å². The summed E-state index contributed by atoms with van der Waals surface area (Å²) in [6.45, 7) is 9.82. The van der Waals surface area contributed by atoms with Crippen LogP contribution in [0.15, 0.2) is 0 Å². The van der Waals surface area contributed by atoms with E-state index in [2.05, 4.69) is 24.3 Å². The van der Waals surface area contributed by atoms with Gasteiger partial charge in [0.2, 0.25) is 0 Å². The molecule has 0 bridgehead atoms. The zero-order valence-electron chi connectivity index (χ0n) is 12.5. The van der Waals surface area contributed by atoms with Crippen LogP contribution in [0, 0.1) is 13.8 Å². The summed E-state index contributed by atoms with van der Waals surface area (Å²) in [7, 11) is -2.89. The van der Waals surface area contributed by atoms with Crippen LogP contribution in [0.3, 0.4) is 0 Å². The van der Waals surface area contributed by atoms with E-state index in [0.29, 0.717) is 13.0 Å². The van der Waals surface area contributed by atoms with Crippen molar-refractivity contribution in [2.75, 3.05) is 18.6 Å². The van der Waals surface area contributed by atoms with E-state index in [-0.39, 0.29) is 11.8 Å². The fourth-order valence-corrected chi connectivity index (χ4v) is 3.09. The maximum Gasteiger partial charge on any atom is 0.147 e. The molecule has 0 aromatic carbocycles. The largest absolute Gasteiger partial charge is 0.310 e. The van der Waals surface area contributed by atoms with Gasteiger partial charge < -0.3 is 5.32 Å². The average Bonchev–Trinajstić information content (AvgIpc) is 2.53. The molecule has 1 aromatic rings. The lowest BCUT2D eigenvalue weighted by atomic mass is 10.1. The van der Waals surface area contributed by atoms with E-state index >= 15 is 0 Å². The van der Waals surface area contributed by atoms with Crippen LogP contribution >= 0.6 is 0 Å². The summed E-state index contributed by atoms with van der Waals surface area (Å²) in [6, 6.07) is 0.272. The summed E-state index contributed by atoms with van der Waals surface area (Å²) in [5, 5.41) is 7.90. The number of hydrogen-bond acceptors (Lipinski definition) is 4. The molecular formula is C13H25N3O2S. The van der Waals surface area contributed by atoms with Gasteiger partial charge in [-0.3, -0.25) is 4.68 Å². The van der Waals surface area contributed by atoms with Crippen molar-refractivity contribution in [3.8, 4) is 0 Å². The van der Waals surface area contributed by atoms with Crippen LogP contribution in [0.2, 0.25) is 0 Å². The highest BCUT2D eigenvalue weighted by Gasteiger charge is 2.16. The summed E-state index contributed by atoms with van der Waals surface area (Å²) >= 11 is 0. The highest BCUT2D eigenvalue weighted by Crippen LogP contribution is 2.21. The van der Waals surface area contributed by atoms with Crippen LogP contribution in [0.1, 0.15) is 43.3 Å². The van der Waals surface area contributed by atoms with Crippen LogP contribution in [0.4, 0.5) is 0 Å². The minimum Gasteiger partial charge on any atom is -0.310 e. The van der Waals surface area contributed by atoms with Gasteiger partial charge in [0.1, 0.15) is 9.84 Å². The molecule has 1 unspecified atom stereocenters. The van der Waals surface area contributed by atoms with Crippen molar-refractivity contribution in [1.82, 2.24) is 15.1 Å². The summed E-state index contributed by atoms with van der Waals surface area (Å²) in [4.78, 5) is 0. The van der Waals surface area contributed by atoms with Gasteiger partial charge in [-0.2, -0.15) is 5.10 Å². The van der Waals surface area contributed by atoms with E-state index in [1.165, 1.54) is 11.8 Å². The van der Waals surface area contributed by atoms with Gasteiger partial charge in [0.25, 0.3) is 0 Å². The SMILES string of the molecule is CCNC(C)c1c(C)nn(CCCS(C)(=O)=O)c1C. The minimum atomic E-state index is -2.89. The van der Waals surface area contributed by atoms with Crippen LogP contribution in [-0.4, -0.2) is 36.8 Å². The average molecular weight is 287 g/mol. The number of nitrogens with zero attached hydrogens (tertiary/aromatic N) is 2. The van der Waals surface area contributed by atoms with Crippen molar-refractivity contribution < 1.29 is 8.42 Å². The predicted octanol–water partition coefficient (Wildman–Crippen LogP) is 1.61. The van der Waals surface area contributed by atoms with Gasteiger partial charge in [-0.05, 0) is 33.7 Å². The second kappa shape index (κ2) is 6.52. The molecule has 1 aromatic heterocycles. The first-order valence-electron chi connectivity index (χ1n) is 6.71. The van der Waals surface area contributed by atoms with Crippen molar-refractivity contribution in [2.45, 2.75) is 46.7 Å². The van der Waals surface area contributed by atoms with Crippen molar-refractivity contribution in [1.29, 1.82) is 0 Å². The molecule has 1 atom stereocenters. The van der Waals surface area contributed by atoms with Crippen LogP contribution < -0.4 is 5.32 Å². The third-order valence-electron chi connectivity index (χ3n) is 3.27. The molecular weight excluding hydrogens is 262 g/mol. The van der Waals surface area contributed by atoms with Crippen molar-refractivity contribution >= 4 is 9.84 Å². The van der Waals surface area contributed by atoms with Crippen LogP contribution in [-0.2, 0) is 16.4 Å². The molecule has 110 valence electrons. The number of aryl methyl sites for hydroxylation is 2. The Morgan fingerprint density at radius 3 is 2.53 bits per heavy atom. The number of aromatic nitrogens is 2. The molecule has 1 rings (SSSR count). The Kier molecular flexibility index (Phi) is 5.55. The zero-order chi connectivity index (χ0) is 14.6. The number of sulfone groups is 1. The number of hydrogen-bond donors (Lipinski definition) is 1. The van der Waals surface area contributed by atoms with E-state index < -0.39 is 9.84 Å². The standard InChI is InChI=1S/C13H25N3O2S/c1-6-14-10(2)13-11(3)15-16(12(13)4)8-7-9-19(5,17)18/h10,14H,6-9H2,1-5H3. The molecule has 1 heterocycles. The molecule has 0 fully saturated rings. The first kappa shape index (κ1) is 16.2. The third kappa shape index (κ3) is 4.62.